The van der Waals surface area contributed by atoms with Crippen molar-refractivity contribution in [2.24, 2.45) is 4.99 Å². The Labute approximate surface area is 154 Å². The van der Waals surface area contributed by atoms with Crippen LogP contribution >= 0.6 is 23.1 Å². The van der Waals surface area contributed by atoms with Crippen molar-refractivity contribution in [3.8, 4) is 11.5 Å². The van der Waals surface area contributed by atoms with Gasteiger partial charge in [-0.1, -0.05) is 0 Å². The first-order valence-electron chi connectivity index (χ1n) is 7.42. The van der Waals surface area contributed by atoms with Crippen molar-refractivity contribution in [3.05, 3.63) is 39.7 Å². The molecule has 3 rings (SSSR count). The Hall–Kier alpha value is -2.32. The molecule has 1 fully saturated rings. The number of thiazole rings is 1. The second-order valence-corrected chi connectivity index (χ2v) is 7.09. The van der Waals surface area contributed by atoms with Gasteiger partial charge in [0.05, 0.1) is 24.8 Å². The summed E-state index contributed by atoms with van der Waals surface area (Å²) in [6, 6.07) is 5.47. The Kier molecular flexibility index (Phi) is 5.10. The van der Waals surface area contributed by atoms with Gasteiger partial charge in [0.1, 0.15) is 11.5 Å². The molecule has 0 atom stereocenters. The van der Waals surface area contributed by atoms with Crippen LogP contribution < -0.4 is 9.47 Å². The zero-order valence-electron chi connectivity index (χ0n) is 14.3. The van der Waals surface area contributed by atoms with Crippen LogP contribution in [0.3, 0.4) is 0 Å². The average Bonchev–Trinajstić information content (AvgIpc) is 3.14. The van der Waals surface area contributed by atoms with E-state index in [1.807, 2.05) is 24.4 Å². The Balaban J connectivity index is 1.92. The van der Waals surface area contributed by atoms with Crippen LogP contribution in [0.5, 0.6) is 11.5 Å². The van der Waals surface area contributed by atoms with Crippen LogP contribution in [-0.4, -0.2) is 42.2 Å². The number of aryl methyl sites for hydroxylation is 1. The Bertz CT molecular complexity index is 874. The van der Waals surface area contributed by atoms with Crippen LogP contribution in [0.25, 0.3) is 6.08 Å². The van der Waals surface area contributed by atoms with Crippen molar-refractivity contribution in [1.82, 2.24) is 9.88 Å². The van der Waals surface area contributed by atoms with Crippen LogP contribution in [0.1, 0.15) is 11.3 Å². The first kappa shape index (κ1) is 17.5. The zero-order valence-corrected chi connectivity index (χ0v) is 15.9. The van der Waals surface area contributed by atoms with Gasteiger partial charge < -0.3 is 9.47 Å². The lowest BCUT2D eigenvalue weighted by atomic mass is 10.1. The van der Waals surface area contributed by atoms with E-state index in [9.17, 15) is 4.79 Å². The lowest BCUT2D eigenvalue weighted by Crippen LogP contribution is -2.23. The van der Waals surface area contributed by atoms with E-state index in [4.69, 9.17) is 9.47 Å². The molecule has 1 amide bonds. The molecule has 2 aromatic rings. The normalized spacial score (nSPS) is 17.6. The summed E-state index contributed by atoms with van der Waals surface area (Å²) in [5.74, 6) is 1.24. The summed E-state index contributed by atoms with van der Waals surface area (Å²) < 4.78 is 10.6. The number of aliphatic imine (C=N–C) groups is 1. The number of thioether (sulfide) groups is 1. The van der Waals surface area contributed by atoms with Crippen molar-refractivity contribution >= 4 is 45.4 Å². The van der Waals surface area contributed by atoms with Crippen molar-refractivity contribution in [2.45, 2.75) is 6.92 Å². The minimum Gasteiger partial charge on any atom is -0.497 e. The van der Waals surface area contributed by atoms with Crippen LogP contribution in [-0.2, 0) is 4.79 Å². The number of nitrogens with zero attached hydrogens (tertiary/aromatic N) is 3. The van der Waals surface area contributed by atoms with Crippen LogP contribution in [0.4, 0.5) is 5.13 Å². The van der Waals surface area contributed by atoms with E-state index in [1.54, 1.807) is 33.4 Å². The average molecular weight is 375 g/mol. The Morgan fingerprint density at radius 3 is 2.72 bits per heavy atom. The van der Waals surface area contributed by atoms with Gasteiger partial charge in [0, 0.05) is 24.1 Å². The van der Waals surface area contributed by atoms with E-state index in [0.29, 0.717) is 26.7 Å². The summed E-state index contributed by atoms with van der Waals surface area (Å²) in [4.78, 5) is 23.4. The second kappa shape index (κ2) is 7.28. The highest BCUT2D eigenvalue weighted by Gasteiger charge is 2.31. The third-order valence-corrected chi connectivity index (χ3v) is 5.44. The Morgan fingerprint density at radius 1 is 1.28 bits per heavy atom. The number of methoxy groups -OCH3 is 2. The molecule has 0 saturated carbocycles. The Morgan fingerprint density at radius 2 is 2.08 bits per heavy atom. The number of benzene rings is 1. The zero-order chi connectivity index (χ0) is 18.0. The highest BCUT2D eigenvalue weighted by molar-refractivity contribution is 8.18. The van der Waals surface area contributed by atoms with Crippen molar-refractivity contribution < 1.29 is 14.3 Å². The molecule has 0 spiro atoms. The van der Waals surface area contributed by atoms with Gasteiger partial charge in [-0.25, -0.2) is 4.98 Å². The maximum Gasteiger partial charge on any atom is 0.266 e. The summed E-state index contributed by atoms with van der Waals surface area (Å²) in [7, 11) is 4.90. The fourth-order valence-electron chi connectivity index (χ4n) is 2.21. The summed E-state index contributed by atoms with van der Waals surface area (Å²) in [5.41, 5.74) is 1.72. The number of likely N-dealkylation sites (N-methyl/N-ethyl adjacent to an activating group) is 1. The molecule has 1 saturated heterocycles. The predicted octanol–water partition coefficient (Wildman–Crippen LogP) is 3.70. The fourth-order valence-corrected chi connectivity index (χ4v) is 3.89. The highest BCUT2D eigenvalue weighted by Crippen LogP contribution is 2.35. The maximum absolute atomic E-state index is 12.5. The molecule has 25 heavy (non-hydrogen) atoms. The largest absolute Gasteiger partial charge is 0.497 e. The highest BCUT2D eigenvalue weighted by atomic mass is 32.2. The number of carbonyl (C=O) groups excluding carboxylic acids is 1. The molecule has 0 radical (unpaired) electrons. The first-order valence-corrected chi connectivity index (χ1v) is 9.12. The predicted molar refractivity (Wildman–Crippen MR) is 102 cm³/mol. The number of carbonyl (C=O) groups is 1. The van der Waals surface area contributed by atoms with Crippen LogP contribution in [0.2, 0.25) is 0 Å². The van der Waals surface area contributed by atoms with Gasteiger partial charge in [0.15, 0.2) is 5.17 Å². The standard InChI is InChI=1S/C17H17N3O3S2/c1-10-9-24-16(18-10)19-17-20(2)15(21)14(25-17)7-11-5-6-12(22-3)8-13(11)23-4/h5-9H,1-4H3/b14-7-,19-17+. The van der Waals surface area contributed by atoms with Crippen molar-refractivity contribution in [2.75, 3.05) is 21.3 Å². The van der Waals surface area contributed by atoms with E-state index in [0.717, 1.165) is 11.3 Å². The third-order valence-electron chi connectivity index (χ3n) is 3.53. The second-order valence-electron chi connectivity index (χ2n) is 5.25. The molecule has 1 aliphatic rings. The monoisotopic (exact) mass is 375 g/mol. The summed E-state index contributed by atoms with van der Waals surface area (Å²) >= 11 is 2.77. The molecule has 2 heterocycles. The number of hydrogen-bond acceptors (Lipinski definition) is 7. The molecular formula is C17H17N3O3S2. The number of amidine groups is 1. The van der Waals surface area contributed by atoms with Crippen molar-refractivity contribution in [3.63, 3.8) is 0 Å². The van der Waals surface area contributed by atoms with E-state index >= 15 is 0 Å². The number of amides is 1. The number of ether oxygens (including phenoxy) is 2. The number of hydrogen-bond donors (Lipinski definition) is 0. The third kappa shape index (κ3) is 3.69. The molecule has 1 aromatic heterocycles. The lowest BCUT2D eigenvalue weighted by Gasteiger charge is -2.08. The molecule has 0 bridgehead atoms. The van der Waals surface area contributed by atoms with Gasteiger partial charge in [0.2, 0.25) is 5.13 Å². The SMILES string of the molecule is COc1ccc(/C=C2\S/C(=N/c3nc(C)cs3)N(C)C2=O)c(OC)c1. The summed E-state index contributed by atoms with van der Waals surface area (Å²) in [5, 5.41) is 3.18. The van der Waals surface area contributed by atoms with Crippen LogP contribution in [0, 0.1) is 6.92 Å². The smallest absolute Gasteiger partial charge is 0.266 e. The summed E-state index contributed by atoms with van der Waals surface area (Å²) in [6.45, 7) is 1.91. The maximum atomic E-state index is 12.5. The molecule has 0 unspecified atom stereocenters. The molecule has 0 N–H and O–H groups in total. The molecule has 1 aliphatic heterocycles. The molecule has 0 aliphatic carbocycles. The van der Waals surface area contributed by atoms with Gasteiger partial charge >= 0.3 is 0 Å². The molecule has 1 aromatic carbocycles. The minimum absolute atomic E-state index is 0.102. The number of rotatable bonds is 4. The van der Waals surface area contributed by atoms with Gasteiger partial charge in [-0.15, -0.1) is 11.3 Å². The number of aromatic nitrogens is 1. The molecule has 8 heteroatoms. The van der Waals surface area contributed by atoms with Crippen LogP contribution in [0.15, 0.2) is 33.5 Å². The van der Waals surface area contributed by atoms with E-state index in [-0.39, 0.29) is 5.91 Å². The van der Waals surface area contributed by atoms with E-state index < -0.39 is 0 Å². The first-order chi connectivity index (χ1) is 12.0. The van der Waals surface area contributed by atoms with Gasteiger partial charge in [0.25, 0.3) is 5.91 Å². The van der Waals surface area contributed by atoms with E-state index in [1.165, 1.54) is 28.0 Å². The van der Waals surface area contributed by atoms with Crippen molar-refractivity contribution in [1.29, 1.82) is 0 Å². The minimum atomic E-state index is -0.102. The molecular weight excluding hydrogens is 358 g/mol. The van der Waals surface area contributed by atoms with E-state index in [2.05, 4.69) is 9.98 Å². The van der Waals surface area contributed by atoms with Gasteiger partial charge in [-0.05, 0) is 36.9 Å². The molecule has 6 nitrogen and oxygen atoms in total. The molecule has 130 valence electrons. The van der Waals surface area contributed by atoms with Gasteiger partial charge in [-0.2, -0.15) is 4.99 Å². The quantitative estimate of drug-likeness (QED) is 0.763. The lowest BCUT2D eigenvalue weighted by molar-refractivity contribution is -0.121. The summed E-state index contributed by atoms with van der Waals surface area (Å²) in [6.07, 6.45) is 1.80. The van der Waals surface area contributed by atoms with Gasteiger partial charge in [-0.3, -0.25) is 9.69 Å². The topological polar surface area (TPSA) is 64.0 Å². The fraction of sp³-hybridized carbons (Fsp3) is 0.235.